The van der Waals surface area contributed by atoms with Crippen LogP contribution < -0.4 is 11.1 Å². The van der Waals surface area contributed by atoms with E-state index in [1.165, 1.54) is 23.2 Å². The molecular formula is C66H60Co2N20O18. The molecule has 106 heavy (non-hydrogen) atoms. The van der Waals surface area contributed by atoms with E-state index in [1.807, 2.05) is 26.0 Å². The number of phenols is 4. The summed E-state index contributed by atoms with van der Waals surface area (Å²) in [6, 6.07) is 33.0. The molecule has 0 spiro atoms. The van der Waals surface area contributed by atoms with Gasteiger partial charge in [0.25, 0.3) is 39.6 Å². The van der Waals surface area contributed by atoms with Gasteiger partial charge in [0.05, 0.1) is 49.0 Å². The van der Waals surface area contributed by atoms with E-state index in [9.17, 15) is 96.2 Å². The zero-order valence-electron chi connectivity index (χ0n) is 56.2. The van der Waals surface area contributed by atoms with Crippen LogP contribution in [-0.2, 0) is 46.6 Å². The van der Waals surface area contributed by atoms with E-state index in [0.29, 0.717) is 35.6 Å². The Balaban J connectivity index is 0.000000252. The summed E-state index contributed by atoms with van der Waals surface area (Å²) >= 11 is 0. The fraction of sp³-hybridized carbons (Fsp3) is 0.182. The number of nitro groups is 4. The van der Waals surface area contributed by atoms with E-state index in [4.69, 9.17) is 6.57 Å². The van der Waals surface area contributed by atoms with Gasteiger partial charge in [-0.1, -0.05) is 63.1 Å². The maximum absolute atomic E-state index is 12.3. The Labute approximate surface area is 618 Å². The van der Waals surface area contributed by atoms with Crippen LogP contribution in [0.4, 0.5) is 73.9 Å². The van der Waals surface area contributed by atoms with Crippen LogP contribution >= 0.6 is 0 Å². The molecule has 0 saturated heterocycles. The molecule has 0 bridgehead atoms. The van der Waals surface area contributed by atoms with E-state index in [-0.39, 0.29) is 172 Å². The van der Waals surface area contributed by atoms with Crippen molar-refractivity contribution in [3.8, 4) is 64.0 Å². The van der Waals surface area contributed by atoms with Gasteiger partial charge in [0.15, 0.2) is 17.1 Å². The van der Waals surface area contributed by atoms with Crippen molar-refractivity contribution in [1.82, 2.24) is 28.7 Å². The molecule has 6 aromatic carbocycles. The molecule has 0 fully saturated rings. The van der Waals surface area contributed by atoms with Crippen LogP contribution in [0.3, 0.4) is 0 Å². The molecule has 2 radical (unpaired) electrons. The molecule has 40 heteroatoms. The van der Waals surface area contributed by atoms with Gasteiger partial charge < -0.3 is 40.9 Å². The number of hydrogen-bond donors (Lipinski definition) is 8. The van der Waals surface area contributed by atoms with Gasteiger partial charge in [0.1, 0.15) is 63.1 Å². The first-order valence-electron chi connectivity index (χ1n) is 30.5. The van der Waals surface area contributed by atoms with Crippen LogP contribution in [0, 0.1) is 86.1 Å². The third-order valence-electron chi connectivity index (χ3n) is 14.7. The first-order chi connectivity index (χ1) is 49.6. The van der Waals surface area contributed by atoms with Gasteiger partial charge >= 0.3 is 0 Å². The molecule has 4 aromatic heterocycles. The van der Waals surface area contributed by atoms with Gasteiger partial charge in [-0.2, -0.15) is 24.8 Å². The quantitative estimate of drug-likeness (QED) is 0.0152. The summed E-state index contributed by atoms with van der Waals surface area (Å²) in [5.41, 5.74) is -0.851. The number of nitro benzene ring substituents is 4. The monoisotopic (exact) mass is 1540 g/mol. The minimum Gasteiger partial charge on any atom is -0.506 e. The Morgan fingerprint density at radius 1 is 0.453 bits per heavy atom. The number of pyridine rings is 2. The van der Waals surface area contributed by atoms with Crippen molar-refractivity contribution < 1.29 is 94.1 Å². The average molecular weight is 1540 g/mol. The summed E-state index contributed by atoms with van der Waals surface area (Å²) in [6.07, 6.45) is 2.74. The predicted octanol–water partition coefficient (Wildman–Crippen LogP) is 15.6. The summed E-state index contributed by atoms with van der Waals surface area (Å²) in [6.45, 7) is 17.6. The molecule has 0 aliphatic heterocycles. The molecular weight excluding hydrogens is 1480 g/mol. The molecule has 0 aliphatic rings. The van der Waals surface area contributed by atoms with Crippen molar-refractivity contribution in [3.05, 3.63) is 234 Å². The number of azo groups is 4. The minimum absolute atomic E-state index is 0. The first kappa shape index (κ1) is 82.7. The van der Waals surface area contributed by atoms with E-state index in [0.717, 1.165) is 94.8 Å². The van der Waals surface area contributed by atoms with Gasteiger partial charge in [-0.3, -0.25) is 59.2 Å². The van der Waals surface area contributed by atoms with Crippen molar-refractivity contribution in [2.45, 2.75) is 80.3 Å². The second kappa shape index (κ2) is 37.6. The topological polar surface area (TPSA) is 541 Å². The Kier molecular flexibility index (Phi) is 29.4. The van der Waals surface area contributed by atoms with Gasteiger partial charge in [0.2, 0.25) is 23.5 Å². The zero-order valence-corrected chi connectivity index (χ0v) is 58.3. The molecule has 0 amide bonds. The van der Waals surface area contributed by atoms with E-state index in [1.54, 1.807) is 68.4 Å². The maximum atomic E-state index is 12.3. The Hall–Kier alpha value is -14.0. The summed E-state index contributed by atoms with van der Waals surface area (Å²) in [4.78, 5) is 68.7. The number of hydrogen-bond acceptors (Lipinski definition) is 29. The second-order valence-corrected chi connectivity index (χ2v) is 21.7. The fourth-order valence-electron chi connectivity index (χ4n) is 9.13. The number of benzene rings is 6. The first-order valence-corrected chi connectivity index (χ1v) is 30.5. The number of aryl methyl sites for hydroxylation is 2. The fourth-order valence-corrected chi connectivity index (χ4v) is 9.13. The van der Waals surface area contributed by atoms with Crippen LogP contribution in [0.25, 0.3) is 16.2 Å². The molecule has 550 valence electrons. The third-order valence-corrected chi connectivity index (χ3v) is 14.7. The van der Waals surface area contributed by atoms with Crippen molar-refractivity contribution in [2.24, 2.45) is 40.9 Å². The SMILES string of the molecule is CCCCn1c(O)c(N=Nc2cc([N+](=O)[O-])ccc2O)c(C)c(C#N)c1=O.Cc1nn(-c2ccccc2)c(O)c1N=Nc1cc([N+](=O)[O-])ccc1O.Cc1nn(-c2ccccc2)c(O)c1N=Nc1cc([N+](=O)[O-])ccc1O.[C-]#[N+]c1c(C)c(N=Nc2cc([N+](=O)[O-])ccc2O)c(O)n(CCCC)c1=O.[Co].[Co]. The number of non-ortho nitro benzene ring substituents is 4. The normalized spacial score (nSPS) is 10.8. The van der Waals surface area contributed by atoms with Crippen LogP contribution in [0.15, 0.2) is 184 Å². The average Bonchev–Trinajstić information content (AvgIpc) is 0.865. The van der Waals surface area contributed by atoms with E-state index in [2.05, 4.69) is 56.0 Å². The van der Waals surface area contributed by atoms with Crippen molar-refractivity contribution in [2.75, 3.05) is 0 Å². The molecule has 0 atom stereocenters. The zero-order chi connectivity index (χ0) is 76.2. The van der Waals surface area contributed by atoms with Gasteiger partial charge in [-0.15, -0.1) is 40.9 Å². The number of rotatable bonds is 20. The number of nitriles is 1. The number of unbranched alkanes of at least 4 members (excludes halogenated alkanes) is 2. The van der Waals surface area contributed by atoms with Gasteiger partial charge in [0, 0.05) is 101 Å². The van der Waals surface area contributed by atoms with Crippen LogP contribution in [0.5, 0.6) is 46.5 Å². The number of aromatic nitrogens is 6. The van der Waals surface area contributed by atoms with Crippen LogP contribution in [0.1, 0.15) is 67.6 Å². The number of aromatic hydroxyl groups is 8. The molecule has 0 saturated carbocycles. The standard InChI is InChI=1S/2C17H17N5O5.2C16H13N5O4.2Co/c1-4-5-8-21-16(24)14(18-3)10(2)15(17(21)25)20-19-12-9-11(22(26)27)6-7-13(12)23;1-3-4-7-21-16(24)12(9-18)10(2)15(17(21)25)20-19-13-8-11(22(26)27)5-6-14(13)23;2*1-10-15(16(23)20(19-10)11-5-3-2-4-6-11)18-17-13-9-12(21(24)25)7-8-14(13)22;;/h6-7,9,23,25H,4-5,8H2,1-2H3;5-6,8,23,25H,3-4,7H2,1-2H3;2*2-9,22-23H,1H3;;. The number of para-hydroxylation sites is 2. The molecule has 0 unspecified atom stereocenters. The smallest absolute Gasteiger partial charge is 0.271 e. The van der Waals surface area contributed by atoms with Crippen molar-refractivity contribution in [3.63, 3.8) is 0 Å². The molecule has 0 aliphatic carbocycles. The van der Waals surface area contributed by atoms with E-state index < -0.39 is 42.6 Å². The number of nitrogens with zero attached hydrogens (tertiary/aromatic N) is 20. The van der Waals surface area contributed by atoms with Crippen molar-refractivity contribution in [1.29, 1.82) is 5.26 Å². The molecule has 4 heterocycles. The number of phenolic OH excluding ortho intramolecular Hbond substituents is 4. The Bertz CT molecular complexity index is 4960. The van der Waals surface area contributed by atoms with Gasteiger partial charge in [-0.05, 0) is 94.6 Å². The summed E-state index contributed by atoms with van der Waals surface area (Å²) in [5, 5.41) is 172. The van der Waals surface area contributed by atoms with Crippen molar-refractivity contribution >= 4 is 73.9 Å². The van der Waals surface area contributed by atoms with E-state index >= 15 is 0 Å². The largest absolute Gasteiger partial charge is 0.506 e. The van der Waals surface area contributed by atoms with Crippen LogP contribution in [0.2, 0.25) is 0 Å². The van der Waals surface area contributed by atoms with Gasteiger partial charge in [-0.25, -0.2) is 4.85 Å². The summed E-state index contributed by atoms with van der Waals surface area (Å²) < 4.78 is 4.69. The van der Waals surface area contributed by atoms with Crippen LogP contribution in [-0.4, -0.2) is 89.2 Å². The summed E-state index contributed by atoms with van der Waals surface area (Å²) in [7, 11) is 0. The minimum atomic E-state index is -0.653. The predicted molar refractivity (Wildman–Crippen MR) is 371 cm³/mol. The molecule has 10 aromatic rings. The molecule has 8 N–H and O–H groups in total. The maximum Gasteiger partial charge on any atom is 0.271 e. The second-order valence-electron chi connectivity index (χ2n) is 21.7. The summed E-state index contributed by atoms with van der Waals surface area (Å²) in [5.74, 6) is -2.57. The Morgan fingerprint density at radius 3 is 1.05 bits per heavy atom. The molecule has 10 rings (SSSR count). The third kappa shape index (κ3) is 19.8. The Morgan fingerprint density at radius 2 is 0.755 bits per heavy atom. The molecule has 38 nitrogen and oxygen atoms in total.